The average molecular weight is 379 g/mol. The van der Waals surface area contributed by atoms with E-state index in [0.29, 0.717) is 0 Å². The molecule has 0 aromatic carbocycles. The number of rotatable bonds is 10. The van der Waals surface area contributed by atoms with E-state index in [2.05, 4.69) is 71.5 Å². The average Bonchev–Trinajstić information content (AvgIpc) is 2.55. The minimum atomic E-state index is -0.240. The van der Waals surface area contributed by atoms with E-state index in [9.17, 15) is 4.79 Å². The number of cyclic esters (lactones) is 1. The van der Waals surface area contributed by atoms with Crippen LogP contribution < -0.4 is 0 Å². The monoisotopic (exact) mass is 378 g/mol. The van der Waals surface area contributed by atoms with E-state index in [1.54, 1.807) is 0 Å². The molecule has 0 bridgehead atoms. The highest BCUT2D eigenvalue weighted by Crippen LogP contribution is 2.20. The Labute approximate surface area is 148 Å². The van der Waals surface area contributed by atoms with Crippen molar-refractivity contribution in [1.29, 1.82) is 0 Å². The molecule has 0 radical (unpaired) electrons. The Hall–Kier alpha value is -1.35. The summed E-state index contributed by atoms with van der Waals surface area (Å²) in [5.41, 5.74) is 0. The number of carbonyl (C=O) groups is 1. The molecule has 0 fully saturated rings. The van der Waals surface area contributed by atoms with Crippen LogP contribution in [0.2, 0.25) is 0 Å². The van der Waals surface area contributed by atoms with Gasteiger partial charge in [0.05, 0.1) is 4.83 Å². The van der Waals surface area contributed by atoms with Gasteiger partial charge in [-0.1, -0.05) is 77.5 Å². The van der Waals surface area contributed by atoms with Crippen LogP contribution in [0.5, 0.6) is 0 Å². The van der Waals surface area contributed by atoms with Gasteiger partial charge < -0.3 is 4.74 Å². The van der Waals surface area contributed by atoms with E-state index in [1.807, 2.05) is 6.08 Å². The van der Waals surface area contributed by atoms with Crippen LogP contribution in [-0.2, 0) is 9.53 Å². The topological polar surface area (TPSA) is 26.3 Å². The van der Waals surface area contributed by atoms with Gasteiger partial charge in [0.1, 0.15) is 6.10 Å². The lowest BCUT2D eigenvalue weighted by atomic mass is 10.1. The Morgan fingerprint density at radius 1 is 1.09 bits per heavy atom. The summed E-state index contributed by atoms with van der Waals surface area (Å²) >= 11 is 3.60. The molecular weight excluding hydrogens is 352 g/mol. The standard InChI is InChI=1S/C20H27BrO2/c1-2-3-4-5-6-7-8-9-10-11-12-13-15-18(21)19-16-14-17-20(22)23-19/h3-4,6-7,9-10,12-14,17-19H,2,5,8,11,15-16H2,1H3/b4-3-,7-6-,10-9-,13-12-. The smallest absolute Gasteiger partial charge is 0.330 e. The molecule has 0 saturated carbocycles. The van der Waals surface area contributed by atoms with Gasteiger partial charge in [0.2, 0.25) is 0 Å². The summed E-state index contributed by atoms with van der Waals surface area (Å²) in [7, 11) is 0. The number of hydrogen-bond acceptors (Lipinski definition) is 2. The molecule has 2 nitrogen and oxygen atoms in total. The summed E-state index contributed by atoms with van der Waals surface area (Å²) in [6, 6.07) is 0. The molecule has 0 saturated heterocycles. The maximum Gasteiger partial charge on any atom is 0.330 e. The van der Waals surface area contributed by atoms with Crippen LogP contribution in [0.1, 0.15) is 45.4 Å². The van der Waals surface area contributed by atoms with Gasteiger partial charge in [-0.15, -0.1) is 0 Å². The Morgan fingerprint density at radius 3 is 2.22 bits per heavy atom. The van der Waals surface area contributed by atoms with E-state index < -0.39 is 0 Å². The lowest BCUT2D eigenvalue weighted by Crippen LogP contribution is -2.28. The summed E-state index contributed by atoms with van der Waals surface area (Å²) in [5.74, 6) is -0.240. The molecule has 0 aliphatic carbocycles. The van der Waals surface area contributed by atoms with Gasteiger partial charge >= 0.3 is 5.97 Å². The van der Waals surface area contributed by atoms with Crippen LogP contribution in [0.4, 0.5) is 0 Å². The molecule has 0 spiro atoms. The third kappa shape index (κ3) is 10.1. The van der Waals surface area contributed by atoms with Gasteiger partial charge in [0, 0.05) is 12.5 Å². The van der Waals surface area contributed by atoms with Crippen molar-refractivity contribution in [2.45, 2.75) is 56.4 Å². The highest BCUT2D eigenvalue weighted by molar-refractivity contribution is 9.09. The zero-order chi connectivity index (χ0) is 16.8. The van der Waals surface area contributed by atoms with E-state index in [0.717, 1.165) is 38.5 Å². The minimum absolute atomic E-state index is 0.0559. The maximum atomic E-state index is 11.2. The Balaban J connectivity index is 2.09. The number of allylic oxidation sites excluding steroid dienone is 8. The van der Waals surface area contributed by atoms with Crippen molar-refractivity contribution in [3.05, 3.63) is 60.8 Å². The molecule has 0 aromatic rings. The Kier molecular flexibility index (Phi) is 11.2. The SMILES string of the molecule is CC/C=C\C/C=C\C/C=C\C/C=C\CC(Br)C1CC=CC(=O)O1. The number of esters is 1. The molecule has 3 heteroatoms. The number of carbonyl (C=O) groups excluding carboxylic acids is 1. The zero-order valence-electron chi connectivity index (χ0n) is 13.9. The highest BCUT2D eigenvalue weighted by atomic mass is 79.9. The summed E-state index contributed by atoms with van der Waals surface area (Å²) < 4.78 is 5.27. The van der Waals surface area contributed by atoms with Crippen LogP contribution in [0, 0.1) is 0 Å². The van der Waals surface area contributed by atoms with E-state index in [4.69, 9.17) is 4.74 Å². The largest absolute Gasteiger partial charge is 0.458 e. The molecule has 2 unspecified atom stereocenters. The maximum absolute atomic E-state index is 11.2. The van der Waals surface area contributed by atoms with E-state index >= 15 is 0 Å². The predicted molar refractivity (Wildman–Crippen MR) is 102 cm³/mol. The molecule has 0 N–H and O–H groups in total. The van der Waals surface area contributed by atoms with Gasteiger partial charge in [-0.3, -0.25) is 0 Å². The van der Waals surface area contributed by atoms with E-state index in [1.165, 1.54) is 6.08 Å². The van der Waals surface area contributed by atoms with Gasteiger partial charge in [-0.05, 0) is 32.1 Å². The first-order valence-corrected chi connectivity index (χ1v) is 9.26. The lowest BCUT2D eigenvalue weighted by molar-refractivity contribution is -0.143. The molecule has 1 rings (SSSR count). The van der Waals surface area contributed by atoms with Crippen LogP contribution in [0.3, 0.4) is 0 Å². The van der Waals surface area contributed by atoms with Crippen LogP contribution in [-0.4, -0.2) is 16.9 Å². The zero-order valence-corrected chi connectivity index (χ0v) is 15.5. The van der Waals surface area contributed by atoms with Gasteiger partial charge in [-0.2, -0.15) is 0 Å². The Morgan fingerprint density at radius 2 is 1.65 bits per heavy atom. The van der Waals surface area contributed by atoms with Crippen molar-refractivity contribution in [2.24, 2.45) is 0 Å². The fraction of sp³-hybridized carbons (Fsp3) is 0.450. The summed E-state index contributed by atoms with van der Waals surface area (Å²) in [5, 5.41) is 0. The fourth-order valence-corrected chi connectivity index (χ4v) is 2.65. The summed E-state index contributed by atoms with van der Waals surface area (Å²) in [6.45, 7) is 2.15. The van der Waals surface area contributed by atoms with Crippen molar-refractivity contribution in [3.8, 4) is 0 Å². The number of ether oxygens (including phenoxy) is 1. The second-order valence-electron chi connectivity index (χ2n) is 5.37. The first kappa shape index (κ1) is 19.7. The van der Waals surface area contributed by atoms with Crippen LogP contribution >= 0.6 is 15.9 Å². The van der Waals surface area contributed by atoms with Crippen molar-refractivity contribution in [1.82, 2.24) is 0 Å². The molecule has 1 aliphatic heterocycles. The first-order chi connectivity index (χ1) is 11.2. The highest BCUT2D eigenvalue weighted by Gasteiger charge is 2.22. The molecule has 126 valence electrons. The quantitative estimate of drug-likeness (QED) is 0.272. The third-order valence-electron chi connectivity index (χ3n) is 3.37. The van der Waals surface area contributed by atoms with Crippen molar-refractivity contribution in [2.75, 3.05) is 0 Å². The number of halogens is 1. The molecule has 0 aromatic heterocycles. The minimum Gasteiger partial charge on any atom is -0.458 e. The second-order valence-corrected chi connectivity index (χ2v) is 6.54. The van der Waals surface area contributed by atoms with Crippen molar-refractivity contribution in [3.63, 3.8) is 0 Å². The van der Waals surface area contributed by atoms with Crippen molar-refractivity contribution < 1.29 is 9.53 Å². The summed E-state index contributed by atoms with van der Waals surface area (Å²) in [4.78, 5) is 11.4. The second kappa shape index (κ2) is 13.1. The van der Waals surface area contributed by atoms with Gasteiger partial charge in [0.15, 0.2) is 0 Å². The summed E-state index contributed by atoms with van der Waals surface area (Å²) in [6.07, 6.45) is 26.4. The molecule has 0 amide bonds. The predicted octanol–water partition coefficient (Wildman–Crippen LogP) is 5.82. The van der Waals surface area contributed by atoms with Crippen LogP contribution in [0.25, 0.3) is 0 Å². The van der Waals surface area contributed by atoms with Crippen LogP contribution in [0.15, 0.2) is 60.8 Å². The fourth-order valence-electron chi connectivity index (χ4n) is 2.11. The number of hydrogen-bond donors (Lipinski definition) is 0. The first-order valence-electron chi connectivity index (χ1n) is 8.35. The molecule has 1 heterocycles. The van der Waals surface area contributed by atoms with Gasteiger partial charge in [-0.25, -0.2) is 4.79 Å². The van der Waals surface area contributed by atoms with E-state index in [-0.39, 0.29) is 16.9 Å². The lowest BCUT2D eigenvalue weighted by Gasteiger charge is -2.22. The molecule has 2 atom stereocenters. The van der Waals surface area contributed by atoms with Crippen molar-refractivity contribution >= 4 is 21.9 Å². The molecule has 23 heavy (non-hydrogen) atoms. The number of alkyl halides is 1. The normalized spacial score (nSPS) is 20.3. The molecule has 1 aliphatic rings. The Bertz CT molecular complexity index is 472. The third-order valence-corrected chi connectivity index (χ3v) is 4.34. The van der Waals surface area contributed by atoms with Gasteiger partial charge in [0.25, 0.3) is 0 Å². The molecular formula is C20H27BrO2.